The third kappa shape index (κ3) is 5.51. The maximum absolute atomic E-state index is 12.1. The van der Waals surface area contributed by atoms with E-state index < -0.39 is 18.7 Å². The van der Waals surface area contributed by atoms with Gasteiger partial charge in [-0.05, 0) is 42.3 Å². The van der Waals surface area contributed by atoms with E-state index in [-0.39, 0.29) is 12.3 Å². The monoisotopic (exact) mass is 336 g/mol. The molecule has 2 aromatic rings. The molecule has 2 amide bonds. The summed E-state index contributed by atoms with van der Waals surface area (Å²) in [5.74, 6) is 0.00565. The van der Waals surface area contributed by atoms with E-state index in [9.17, 15) is 18.7 Å². The summed E-state index contributed by atoms with van der Waals surface area (Å²) in [6, 6.07) is 12.4. The van der Waals surface area contributed by atoms with E-state index >= 15 is 0 Å². The Hall–Kier alpha value is -2.67. The molecule has 0 radical (unpaired) electrons. The van der Waals surface area contributed by atoms with Gasteiger partial charge in [-0.1, -0.05) is 24.3 Å². The van der Waals surface area contributed by atoms with Crippen molar-refractivity contribution < 1.29 is 23.4 Å². The predicted octanol–water partition coefficient (Wildman–Crippen LogP) is 3.45. The molecule has 1 atom stereocenters. The highest BCUT2D eigenvalue weighted by Gasteiger charge is 2.11. The zero-order chi connectivity index (χ0) is 17.5. The number of nitrogens with one attached hydrogen (secondary N) is 2. The van der Waals surface area contributed by atoms with Crippen molar-refractivity contribution in [3.8, 4) is 5.75 Å². The normalized spacial score (nSPS) is 11.9. The van der Waals surface area contributed by atoms with Crippen LogP contribution in [0.1, 0.15) is 17.2 Å². The van der Waals surface area contributed by atoms with Gasteiger partial charge in [0.15, 0.2) is 0 Å². The van der Waals surface area contributed by atoms with E-state index in [2.05, 4.69) is 15.4 Å². The molecule has 5 nitrogen and oxygen atoms in total. The lowest BCUT2D eigenvalue weighted by atomic mass is 10.1. The minimum absolute atomic E-state index is 0.00565. The summed E-state index contributed by atoms with van der Waals surface area (Å²) in [5, 5.41) is 15.2. The van der Waals surface area contributed by atoms with Crippen LogP contribution in [0.25, 0.3) is 0 Å². The highest BCUT2D eigenvalue weighted by Crippen LogP contribution is 2.19. The molecular weight excluding hydrogens is 318 g/mol. The third-order valence-electron chi connectivity index (χ3n) is 3.22. The summed E-state index contributed by atoms with van der Waals surface area (Å²) in [5.41, 5.74) is 2.14. The summed E-state index contributed by atoms with van der Waals surface area (Å²) >= 11 is 0. The largest absolute Gasteiger partial charge is 0.435 e. The molecule has 1 unspecified atom stereocenters. The number of aryl methyl sites for hydroxylation is 1. The number of amides is 2. The van der Waals surface area contributed by atoms with Crippen LogP contribution in [0.3, 0.4) is 0 Å². The summed E-state index contributed by atoms with van der Waals surface area (Å²) < 4.78 is 28.4. The second kappa shape index (κ2) is 8.26. The molecule has 128 valence electrons. The smallest absolute Gasteiger partial charge is 0.387 e. The molecule has 0 aliphatic carbocycles. The predicted molar refractivity (Wildman–Crippen MR) is 86.2 cm³/mol. The van der Waals surface area contributed by atoms with Crippen LogP contribution in [0, 0.1) is 6.92 Å². The van der Waals surface area contributed by atoms with Crippen molar-refractivity contribution in [1.82, 2.24) is 5.32 Å². The second-order valence-corrected chi connectivity index (χ2v) is 5.17. The average Bonchev–Trinajstić information content (AvgIpc) is 2.53. The van der Waals surface area contributed by atoms with Crippen molar-refractivity contribution in [3.05, 3.63) is 59.7 Å². The Kier molecular flexibility index (Phi) is 6.08. The fourth-order valence-electron chi connectivity index (χ4n) is 2.08. The van der Waals surface area contributed by atoms with Crippen LogP contribution in [0.15, 0.2) is 48.5 Å². The molecule has 0 aromatic heterocycles. The van der Waals surface area contributed by atoms with Crippen LogP contribution >= 0.6 is 0 Å². The van der Waals surface area contributed by atoms with Crippen LogP contribution in [0.5, 0.6) is 5.75 Å². The Morgan fingerprint density at radius 3 is 2.54 bits per heavy atom. The number of hydrogen-bond donors (Lipinski definition) is 3. The molecule has 2 rings (SSSR count). The van der Waals surface area contributed by atoms with E-state index in [4.69, 9.17) is 0 Å². The molecule has 0 spiro atoms. The number of aliphatic hydroxyl groups is 1. The fraction of sp³-hybridized carbons (Fsp3) is 0.235. The minimum Gasteiger partial charge on any atom is -0.435 e. The number of anilines is 1. The zero-order valence-electron chi connectivity index (χ0n) is 13.0. The first-order valence-corrected chi connectivity index (χ1v) is 7.28. The summed E-state index contributed by atoms with van der Waals surface area (Å²) in [7, 11) is 0. The number of halogens is 2. The van der Waals surface area contributed by atoms with E-state index in [0.29, 0.717) is 11.3 Å². The van der Waals surface area contributed by atoms with E-state index in [0.717, 1.165) is 5.56 Å². The van der Waals surface area contributed by atoms with Gasteiger partial charge in [0.05, 0.1) is 6.10 Å². The van der Waals surface area contributed by atoms with Crippen molar-refractivity contribution in [1.29, 1.82) is 0 Å². The number of hydrogen-bond acceptors (Lipinski definition) is 3. The van der Waals surface area contributed by atoms with Gasteiger partial charge in [-0.25, -0.2) is 4.79 Å². The number of alkyl halides is 2. The SMILES string of the molecule is Cc1cccc(NC(=O)NCC(O)c2ccc(OC(F)F)cc2)c1. The first-order chi connectivity index (χ1) is 11.4. The Labute approximate surface area is 138 Å². The van der Waals surface area contributed by atoms with Crippen LogP contribution in [-0.2, 0) is 0 Å². The Balaban J connectivity index is 1.83. The number of benzene rings is 2. The van der Waals surface area contributed by atoms with E-state index in [1.807, 2.05) is 25.1 Å². The quantitative estimate of drug-likeness (QED) is 0.757. The maximum Gasteiger partial charge on any atom is 0.387 e. The topological polar surface area (TPSA) is 70.6 Å². The van der Waals surface area contributed by atoms with Gasteiger partial charge < -0.3 is 20.5 Å². The number of urea groups is 1. The van der Waals surface area contributed by atoms with Crippen molar-refractivity contribution in [2.75, 3.05) is 11.9 Å². The number of carbonyl (C=O) groups excluding carboxylic acids is 1. The lowest BCUT2D eigenvalue weighted by Gasteiger charge is -2.14. The molecule has 0 saturated carbocycles. The minimum atomic E-state index is -2.90. The number of ether oxygens (including phenoxy) is 1. The van der Waals surface area contributed by atoms with Gasteiger partial charge in [-0.3, -0.25) is 0 Å². The number of rotatable bonds is 6. The van der Waals surface area contributed by atoms with Crippen LogP contribution in [0.2, 0.25) is 0 Å². The van der Waals surface area contributed by atoms with Crippen LogP contribution in [-0.4, -0.2) is 24.3 Å². The van der Waals surface area contributed by atoms with Gasteiger partial charge in [-0.2, -0.15) is 8.78 Å². The number of carbonyl (C=O) groups is 1. The average molecular weight is 336 g/mol. The fourth-order valence-corrected chi connectivity index (χ4v) is 2.08. The van der Waals surface area contributed by atoms with Gasteiger partial charge in [0, 0.05) is 12.2 Å². The van der Waals surface area contributed by atoms with Crippen LogP contribution in [0.4, 0.5) is 19.3 Å². The first kappa shape index (κ1) is 17.7. The molecule has 0 fully saturated rings. The lowest BCUT2D eigenvalue weighted by Crippen LogP contribution is -2.32. The molecule has 0 aliphatic heterocycles. The second-order valence-electron chi connectivity index (χ2n) is 5.17. The van der Waals surface area contributed by atoms with Gasteiger partial charge >= 0.3 is 12.6 Å². The standard InChI is InChI=1S/C17H18F2N2O3/c1-11-3-2-4-13(9-11)21-17(23)20-10-15(22)12-5-7-14(8-6-12)24-16(18)19/h2-9,15-16,22H,10H2,1H3,(H2,20,21,23). The van der Waals surface area contributed by atoms with Crippen LogP contribution < -0.4 is 15.4 Å². The molecule has 0 heterocycles. The van der Waals surface area contributed by atoms with Crippen molar-refractivity contribution in [3.63, 3.8) is 0 Å². The highest BCUT2D eigenvalue weighted by atomic mass is 19.3. The Morgan fingerprint density at radius 1 is 1.21 bits per heavy atom. The van der Waals surface area contributed by atoms with Crippen molar-refractivity contribution in [2.45, 2.75) is 19.6 Å². The van der Waals surface area contributed by atoms with Crippen molar-refractivity contribution in [2.24, 2.45) is 0 Å². The maximum atomic E-state index is 12.1. The molecular formula is C17H18F2N2O3. The summed E-state index contributed by atoms with van der Waals surface area (Å²) in [4.78, 5) is 11.8. The molecule has 7 heteroatoms. The van der Waals surface area contributed by atoms with Gasteiger partial charge in [0.1, 0.15) is 5.75 Å². The van der Waals surface area contributed by atoms with Gasteiger partial charge in [0.25, 0.3) is 0 Å². The molecule has 24 heavy (non-hydrogen) atoms. The van der Waals surface area contributed by atoms with Gasteiger partial charge in [0.2, 0.25) is 0 Å². The van der Waals surface area contributed by atoms with Gasteiger partial charge in [-0.15, -0.1) is 0 Å². The lowest BCUT2D eigenvalue weighted by molar-refractivity contribution is -0.0498. The Bertz CT molecular complexity index is 678. The Morgan fingerprint density at radius 2 is 1.92 bits per heavy atom. The van der Waals surface area contributed by atoms with E-state index in [1.165, 1.54) is 24.3 Å². The van der Waals surface area contributed by atoms with Crippen molar-refractivity contribution >= 4 is 11.7 Å². The molecule has 0 bridgehead atoms. The zero-order valence-corrected chi connectivity index (χ0v) is 13.0. The third-order valence-corrected chi connectivity index (χ3v) is 3.22. The highest BCUT2D eigenvalue weighted by molar-refractivity contribution is 5.89. The molecule has 0 saturated heterocycles. The van der Waals surface area contributed by atoms with E-state index in [1.54, 1.807) is 6.07 Å². The first-order valence-electron chi connectivity index (χ1n) is 7.28. The molecule has 0 aliphatic rings. The summed E-state index contributed by atoms with van der Waals surface area (Å²) in [6.45, 7) is -1.01. The number of aliphatic hydroxyl groups excluding tert-OH is 1. The summed E-state index contributed by atoms with van der Waals surface area (Å²) in [6.07, 6.45) is -0.964. The molecule has 3 N–H and O–H groups in total. The molecule has 2 aromatic carbocycles.